The molecule has 0 aliphatic heterocycles. The number of fused-ring (bicyclic) bond motifs is 2. The van der Waals surface area contributed by atoms with Crippen molar-refractivity contribution in [2.45, 2.75) is 58.0 Å². The Labute approximate surface area is 110 Å². The first-order valence-electron chi connectivity index (χ1n) is 7.62. The Balaban J connectivity index is 1.56. The van der Waals surface area contributed by atoms with Gasteiger partial charge in [0.15, 0.2) is 0 Å². The predicted molar refractivity (Wildman–Crippen MR) is 71.0 cm³/mol. The third kappa shape index (κ3) is 2.22. The normalized spacial score (nSPS) is 42.2. The van der Waals surface area contributed by atoms with Crippen molar-refractivity contribution < 1.29 is 9.53 Å². The van der Waals surface area contributed by atoms with E-state index in [1.807, 2.05) is 6.92 Å². The number of hydrogen-bond donors (Lipinski definition) is 0. The smallest absolute Gasteiger partial charge is 0.305 e. The Morgan fingerprint density at radius 3 is 2.67 bits per heavy atom. The van der Waals surface area contributed by atoms with Crippen LogP contribution in [-0.2, 0) is 9.53 Å². The highest BCUT2D eigenvalue weighted by Crippen LogP contribution is 2.54. The van der Waals surface area contributed by atoms with E-state index in [1.165, 1.54) is 32.1 Å². The fourth-order valence-corrected chi connectivity index (χ4v) is 4.45. The van der Waals surface area contributed by atoms with Crippen molar-refractivity contribution >= 4 is 5.97 Å². The van der Waals surface area contributed by atoms with E-state index in [9.17, 15) is 4.79 Å². The molecule has 0 heterocycles. The second-order valence-corrected chi connectivity index (χ2v) is 6.32. The van der Waals surface area contributed by atoms with Gasteiger partial charge in [-0.25, -0.2) is 0 Å². The number of carbonyl (C=O) groups is 1. The molecule has 0 radical (unpaired) electrons. The van der Waals surface area contributed by atoms with Crippen molar-refractivity contribution in [2.24, 2.45) is 23.7 Å². The molecule has 1 unspecified atom stereocenters. The molecule has 3 aliphatic rings. The minimum atomic E-state index is -0.00954. The lowest BCUT2D eigenvalue weighted by molar-refractivity contribution is -0.151. The number of carbonyl (C=O) groups excluding carboxylic acids is 1. The monoisotopic (exact) mass is 248 g/mol. The Kier molecular flexibility index (Phi) is 3.45. The van der Waals surface area contributed by atoms with E-state index >= 15 is 0 Å². The van der Waals surface area contributed by atoms with Crippen LogP contribution in [0.5, 0.6) is 0 Å². The summed E-state index contributed by atoms with van der Waals surface area (Å²) in [5.74, 6) is 3.32. The molecule has 0 aromatic carbocycles. The maximum absolute atomic E-state index is 11.4. The topological polar surface area (TPSA) is 26.3 Å². The third-order valence-electron chi connectivity index (χ3n) is 5.33. The summed E-state index contributed by atoms with van der Waals surface area (Å²) < 4.78 is 5.58. The van der Waals surface area contributed by atoms with Gasteiger partial charge in [-0.2, -0.15) is 0 Å². The predicted octanol–water partition coefficient (Wildman–Crippen LogP) is 3.71. The summed E-state index contributed by atoms with van der Waals surface area (Å²) in [6.07, 6.45) is 13.2. The molecule has 2 nitrogen and oxygen atoms in total. The lowest BCUT2D eigenvalue weighted by atomic mass is 9.74. The van der Waals surface area contributed by atoms with Gasteiger partial charge in [-0.15, -0.1) is 0 Å². The molecular formula is C16H24O2. The summed E-state index contributed by atoms with van der Waals surface area (Å²) in [4.78, 5) is 11.4. The lowest BCUT2D eigenvalue weighted by Gasteiger charge is -2.34. The van der Waals surface area contributed by atoms with Crippen molar-refractivity contribution in [2.75, 3.05) is 0 Å². The summed E-state index contributed by atoms with van der Waals surface area (Å²) in [5.41, 5.74) is 0. The molecule has 5 atom stereocenters. The highest BCUT2D eigenvalue weighted by molar-refractivity contribution is 5.69. The van der Waals surface area contributed by atoms with E-state index in [-0.39, 0.29) is 12.1 Å². The van der Waals surface area contributed by atoms with Crippen molar-refractivity contribution in [3.63, 3.8) is 0 Å². The van der Waals surface area contributed by atoms with Crippen LogP contribution >= 0.6 is 0 Å². The zero-order valence-electron chi connectivity index (χ0n) is 11.3. The van der Waals surface area contributed by atoms with Gasteiger partial charge in [0.25, 0.3) is 0 Å². The van der Waals surface area contributed by atoms with Crippen molar-refractivity contribution in [1.82, 2.24) is 0 Å². The summed E-state index contributed by atoms with van der Waals surface area (Å²) in [7, 11) is 0. The molecule has 3 aliphatic carbocycles. The van der Waals surface area contributed by atoms with E-state index in [0.29, 0.717) is 12.3 Å². The fourth-order valence-electron chi connectivity index (χ4n) is 4.45. The molecule has 2 bridgehead atoms. The minimum absolute atomic E-state index is 0.00954. The fraction of sp³-hybridized carbons (Fsp3) is 0.812. The maximum Gasteiger partial charge on any atom is 0.305 e. The van der Waals surface area contributed by atoms with E-state index < -0.39 is 0 Å². The summed E-state index contributed by atoms with van der Waals surface area (Å²) in [6.45, 7) is 1.88. The van der Waals surface area contributed by atoms with Crippen LogP contribution in [0.1, 0.15) is 51.9 Å². The molecule has 0 aromatic rings. The number of hydrogen-bond acceptors (Lipinski definition) is 2. The highest BCUT2D eigenvalue weighted by Gasteiger charge is 2.49. The number of esters is 1. The second kappa shape index (κ2) is 5.07. The van der Waals surface area contributed by atoms with Crippen molar-refractivity contribution in [1.29, 1.82) is 0 Å². The SMILES string of the molecule is CCC(=O)O[C@H]1C[C@H]2C[C@@H]1C[C@@H]2C1CC=CCC1. The van der Waals surface area contributed by atoms with Gasteiger partial charge in [-0.3, -0.25) is 4.79 Å². The van der Waals surface area contributed by atoms with Crippen LogP contribution in [0.15, 0.2) is 12.2 Å². The van der Waals surface area contributed by atoms with Crippen LogP contribution in [-0.4, -0.2) is 12.1 Å². The molecule has 0 N–H and O–H groups in total. The lowest BCUT2D eigenvalue weighted by Crippen LogP contribution is -2.30. The molecule has 18 heavy (non-hydrogen) atoms. The highest BCUT2D eigenvalue weighted by atomic mass is 16.5. The van der Waals surface area contributed by atoms with Gasteiger partial charge < -0.3 is 4.74 Å². The van der Waals surface area contributed by atoms with Crippen LogP contribution in [0, 0.1) is 23.7 Å². The Hall–Kier alpha value is -0.790. The van der Waals surface area contributed by atoms with Gasteiger partial charge in [0.2, 0.25) is 0 Å². The van der Waals surface area contributed by atoms with Gasteiger partial charge in [-0.1, -0.05) is 19.1 Å². The van der Waals surface area contributed by atoms with Gasteiger partial charge in [0.1, 0.15) is 6.10 Å². The first kappa shape index (κ1) is 12.3. The molecule has 100 valence electrons. The van der Waals surface area contributed by atoms with Crippen LogP contribution in [0.25, 0.3) is 0 Å². The Morgan fingerprint density at radius 1 is 1.17 bits per heavy atom. The molecule has 0 amide bonds. The van der Waals surface area contributed by atoms with Crippen LogP contribution in [0.2, 0.25) is 0 Å². The van der Waals surface area contributed by atoms with Crippen LogP contribution in [0.4, 0.5) is 0 Å². The maximum atomic E-state index is 11.4. The molecule has 2 saturated carbocycles. The summed E-state index contributed by atoms with van der Waals surface area (Å²) in [6, 6.07) is 0. The van der Waals surface area contributed by atoms with Crippen LogP contribution < -0.4 is 0 Å². The third-order valence-corrected chi connectivity index (χ3v) is 5.33. The summed E-state index contributed by atoms with van der Waals surface area (Å²) in [5, 5.41) is 0. The second-order valence-electron chi connectivity index (χ2n) is 6.32. The number of allylic oxidation sites excluding steroid dienone is 2. The molecule has 2 heteroatoms. The largest absolute Gasteiger partial charge is 0.462 e. The first-order valence-corrected chi connectivity index (χ1v) is 7.62. The van der Waals surface area contributed by atoms with Crippen LogP contribution in [0.3, 0.4) is 0 Å². The molecular weight excluding hydrogens is 224 g/mol. The number of ether oxygens (including phenoxy) is 1. The van der Waals surface area contributed by atoms with Gasteiger partial charge in [0.05, 0.1) is 0 Å². The molecule has 0 saturated heterocycles. The minimum Gasteiger partial charge on any atom is -0.462 e. The quantitative estimate of drug-likeness (QED) is 0.562. The molecule has 0 aromatic heterocycles. The van der Waals surface area contributed by atoms with Crippen molar-refractivity contribution in [3.8, 4) is 0 Å². The standard InChI is InChI=1S/C16H24O2/c1-2-16(17)18-15-10-12-8-13(15)9-14(12)11-6-4-3-5-7-11/h3-4,11-15H,2,5-10H2,1H3/t11?,12-,13-,14-,15+/m1/s1. The van der Waals surface area contributed by atoms with Gasteiger partial charge in [0, 0.05) is 6.42 Å². The Bertz CT molecular complexity index is 347. The van der Waals surface area contributed by atoms with Crippen molar-refractivity contribution in [3.05, 3.63) is 12.2 Å². The van der Waals surface area contributed by atoms with Gasteiger partial charge in [-0.05, 0) is 62.2 Å². The van der Waals surface area contributed by atoms with E-state index in [0.717, 1.165) is 24.2 Å². The first-order chi connectivity index (χ1) is 8.78. The van der Waals surface area contributed by atoms with Gasteiger partial charge >= 0.3 is 5.97 Å². The average Bonchev–Trinajstić information content (AvgIpc) is 2.99. The Morgan fingerprint density at radius 2 is 2.06 bits per heavy atom. The zero-order chi connectivity index (χ0) is 12.5. The number of rotatable bonds is 3. The molecule has 0 spiro atoms. The summed E-state index contributed by atoms with van der Waals surface area (Å²) >= 11 is 0. The molecule has 2 fully saturated rings. The van der Waals surface area contributed by atoms with E-state index in [1.54, 1.807) is 0 Å². The molecule has 3 rings (SSSR count). The van der Waals surface area contributed by atoms with E-state index in [2.05, 4.69) is 12.2 Å². The zero-order valence-corrected chi connectivity index (χ0v) is 11.3. The average molecular weight is 248 g/mol. The van der Waals surface area contributed by atoms with E-state index in [4.69, 9.17) is 4.74 Å².